The molecule has 0 unspecified atom stereocenters. The standard InChI is InChI=1S/C17H12ClFO2/c18-14-5-6-15(19)13(7-14)10-21-17-9-12-4-2-1-3-11(12)8-16(17)20/h1-9,20H,10H2. The van der Waals surface area contributed by atoms with Gasteiger partial charge in [-0.2, -0.15) is 0 Å². The van der Waals surface area contributed by atoms with E-state index < -0.39 is 0 Å². The molecule has 0 heterocycles. The molecule has 3 aromatic carbocycles. The van der Waals surface area contributed by atoms with Crippen molar-refractivity contribution in [2.45, 2.75) is 6.61 Å². The molecule has 0 spiro atoms. The van der Waals surface area contributed by atoms with E-state index in [2.05, 4.69) is 0 Å². The topological polar surface area (TPSA) is 29.5 Å². The van der Waals surface area contributed by atoms with Crippen LogP contribution in [0.3, 0.4) is 0 Å². The second-order valence-corrected chi connectivity index (χ2v) is 5.13. The van der Waals surface area contributed by atoms with Gasteiger partial charge < -0.3 is 9.84 Å². The second kappa shape index (κ2) is 5.62. The summed E-state index contributed by atoms with van der Waals surface area (Å²) in [6.45, 7) is -0.00169. The largest absolute Gasteiger partial charge is 0.504 e. The summed E-state index contributed by atoms with van der Waals surface area (Å²) in [6.07, 6.45) is 0. The maximum Gasteiger partial charge on any atom is 0.162 e. The van der Waals surface area contributed by atoms with Crippen LogP contribution in [0, 0.1) is 5.82 Å². The number of halogens is 2. The van der Waals surface area contributed by atoms with Gasteiger partial charge in [-0.25, -0.2) is 4.39 Å². The van der Waals surface area contributed by atoms with Gasteiger partial charge in [-0.15, -0.1) is 0 Å². The highest BCUT2D eigenvalue weighted by atomic mass is 35.5. The highest BCUT2D eigenvalue weighted by Crippen LogP contribution is 2.32. The SMILES string of the molecule is Oc1cc2ccccc2cc1OCc1cc(Cl)ccc1F. The second-order valence-electron chi connectivity index (χ2n) is 4.69. The number of hydrogen-bond acceptors (Lipinski definition) is 2. The lowest BCUT2D eigenvalue weighted by molar-refractivity contribution is 0.284. The summed E-state index contributed by atoms with van der Waals surface area (Å²) in [4.78, 5) is 0. The Labute approximate surface area is 126 Å². The maximum atomic E-state index is 13.6. The van der Waals surface area contributed by atoms with Crippen LogP contribution in [0.2, 0.25) is 5.02 Å². The Morgan fingerprint density at radius 2 is 1.71 bits per heavy atom. The maximum absolute atomic E-state index is 13.6. The molecule has 106 valence electrons. The zero-order valence-electron chi connectivity index (χ0n) is 11.0. The lowest BCUT2D eigenvalue weighted by Crippen LogP contribution is -1.98. The molecule has 0 aromatic heterocycles. The van der Waals surface area contributed by atoms with E-state index in [0.29, 0.717) is 16.3 Å². The van der Waals surface area contributed by atoms with E-state index in [-0.39, 0.29) is 18.2 Å². The molecule has 0 radical (unpaired) electrons. The van der Waals surface area contributed by atoms with Crippen LogP contribution in [-0.2, 0) is 6.61 Å². The summed E-state index contributed by atoms with van der Waals surface area (Å²) in [5.41, 5.74) is 0.343. The number of hydrogen-bond donors (Lipinski definition) is 1. The van der Waals surface area contributed by atoms with Gasteiger partial charge in [0.15, 0.2) is 11.5 Å². The lowest BCUT2D eigenvalue weighted by atomic mass is 10.1. The zero-order valence-corrected chi connectivity index (χ0v) is 11.8. The Morgan fingerprint density at radius 1 is 1.00 bits per heavy atom. The third-order valence-corrected chi connectivity index (χ3v) is 3.45. The molecule has 0 aliphatic carbocycles. The van der Waals surface area contributed by atoms with E-state index >= 15 is 0 Å². The van der Waals surface area contributed by atoms with E-state index in [4.69, 9.17) is 16.3 Å². The minimum atomic E-state index is -0.389. The third kappa shape index (κ3) is 2.93. The molecule has 0 fully saturated rings. The van der Waals surface area contributed by atoms with Crippen molar-refractivity contribution in [3.8, 4) is 11.5 Å². The predicted molar refractivity (Wildman–Crippen MR) is 81.4 cm³/mol. The first-order valence-corrected chi connectivity index (χ1v) is 6.80. The van der Waals surface area contributed by atoms with Crippen molar-refractivity contribution < 1.29 is 14.2 Å². The molecular formula is C17H12ClFO2. The normalized spacial score (nSPS) is 10.8. The molecule has 21 heavy (non-hydrogen) atoms. The molecule has 0 atom stereocenters. The number of aromatic hydroxyl groups is 1. The summed E-state index contributed by atoms with van der Waals surface area (Å²) in [7, 11) is 0. The summed E-state index contributed by atoms with van der Waals surface area (Å²) in [5, 5.41) is 12.3. The summed E-state index contributed by atoms with van der Waals surface area (Å²) in [5.74, 6) is -0.0520. The van der Waals surface area contributed by atoms with Crippen LogP contribution in [0.25, 0.3) is 10.8 Å². The lowest BCUT2D eigenvalue weighted by Gasteiger charge is -2.10. The minimum Gasteiger partial charge on any atom is -0.504 e. The summed E-state index contributed by atoms with van der Waals surface area (Å²) in [6, 6.07) is 15.2. The van der Waals surface area contributed by atoms with Crippen LogP contribution < -0.4 is 4.74 Å². The molecule has 0 aliphatic heterocycles. The molecular weight excluding hydrogens is 291 g/mol. The van der Waals surface area contributed by atoms with Crippen molar-refractivity contribution >= 4 is 22.4 Å². The van der Waals surface area contributed by atoms with Crippen molar-refractivity contribution in [2.75, 3.05) is 0 Å². The molecule has 0 aliphatic rings. The highest BCUT2D eigenvalue weighted by Gasteiger charge is 2.08. The monoisotopic (exact) mass is 302 g/mol. The molecule has 3 aromatic rings. The molecule has 0 amide bonds. The highest BCUT2D eigenvalue weighted by molar-refractivity contribution is 6.30. The Kier molecular flexibility index (Phi) is 3.67. The Bertz CT molecular complexity index is 802. The van der Waals surface area contributed by atoms with Gasteiger partial charge >= 0.3 is 0 Å². The van der Waals surface area contributed by atoms with Crippen LogP contribution in [-0.4, -0.2) is 5.11 Å². The average Bonchev–Trinajstić information content (AvgIpc) is 2.48. The molecule has 0 saturated heterocycles. The number of benzene rings is 3. The minimum absolute atomic E-state index is 0.00169. The molecule has 4 heteroatoms. The third-order valence-electron chi connectivity index (χ3n) is 3.22. The van der Waals surface area contributed by atoms with Gasteiger partial charge in [0.1, 0.15) is 12.4 Å². The van der Waals surface area contributed by atoms with E-state index in [0.717, 1.165) is 10.8 Å². The molecule has 2 nitrogen and oxygen atoms in total. The zero-order chi connectivity index (χ0) is 14.8. The van der Waals surface area contributed by atoms with Gasteiger partial charge in [0.2, 0.25) is 0 Å². The van der Waals surface area contributed by atoms with Crippen LogP contribution in [0.5, 0.6) is 11.5 Å². The van der Waals surface area contributed by atoms with Gasteiger partial charge in [0.25, 0.3) is 0 Å². The number of rotatable bonds is 3. The fourth-order valence-electron chi connectivity index (χ4n) is 2.13. The van der Waals surface area contributed by atoms with Crippen LogP contribution in [0.1, 0.15) is 5.56 Å². The van der Waals surface area contributed by atoms with Crippen molar-refractivity contribution in [1.29, 1.82) is 0 Å². The summed E-state index contributed by atoms with van der Waals surface area (Å²) >= 11 is 5.84. The van der Waals surface area contributed by atoms with Crippen LogP contribution >= 0.6 is 11.6 Å². The first-order valence-electron chi connectivity index (χ1n) is 6.42. The molecule has 1 N–H and O–H groups in total. The number of ether oxygens (including phenoxy) is 1. The van der Waals surface area contributed by atoms with E-state index in [9.17, 15) is 9.50 Å². The van der Waals surface area contributed by atoms with Gasteiger partial charge in [-0.05, 0) is 41.1 Å². The Balaban J connectivity index is 1.88. The van der Waals surface area contributed by atoms with Crippen molar-refractivity contribution in [3.63, 3.8) is 0 Å². The van der Waals surface area contributed by atoms with Gasteiger partial charge in [-0.3, -0.25) is 0 Å². The number of phenols is 1. The van der Waals surface area contributed by atoms with Crippen LogP contribution in [0.4, 0.5) is 4.39 Å². The number of phenolic OH excluding ortho intramolecular Hbond substituents is 1. The fourth-order valence-corrected chi connectivity index (χ4v) is 2.33. The average molecular weight is 303 g/mol. The van der Waals surface area contributed by atoms with E-state index in [1.807, 2.05) is 24.3 Å². The van der Waals surface area contributed by atoms with E-state index in [1.54, 1.807) is 12.1 Å². The quantitative estimate of drug-likeness (QED) is 0.744. The first kappa shape index (κ1) is 13.7. The molecule has 3 rings (SSSR count). The van der Waals surface area contributed by atoms with Gasteiger partial charge in [0.05, 0.1) is 0 Å². The smallest absolute Gasteiger partial charge is 0.162 e. The van der Waals surface area contributed by atoms with Crippen molar-refractivity contribution in [1.82, 2.24) is 0 Å². The summed E-state index contributed by atoms with van der Waals surface area (Å²) < 4.78 is 19.1. The van der Waals surface area contributed by atoms with Gasteiger partial charge in [-0.1, -0.05) is 35.9 Å². The Hall–Kier alpha value is -2.26. The van der Waals surface area contributed by atoms with Crippen molar-refractivity contribution in [3.05, 3.63) is 71.0 Å². The number of fused-ring (bicyclic) bond motifs is 1. The predicted octanol–water partition coefficient (Wildman–Crippen LogP) is 4.92. The molecule has 0 bridgehead atoms. The first-order chi connectivity index (χ1) is 10.1. The van der Waals surface area contributed by atoms with Crippen LogP contribution in [0.15, 0.2) is 54.6 Å². The Morgan fingerprint density at radius 3 is 2.48 bits per heavy atom. The fraction of sp³-hybridized carbons (Fsp3) is 0.0588. The van der Waals surface area contributed by atoms with E-state index in [1.165, 1.54) is 18.2 Å². The molecule has 0 saturated carbocycles. The van der Waals surface area contributed by atoms with Gasteiger partial charge in [0, 0.05) is 10.6 Å². The van der Waals surface area contributed by atoms with Crippen molar-refractivity contribution in [2.24, 2.45) is 0 Å².